The van der Waals surface area contributed by atoms with Crippen LogP contribution in [0.5, 0.6) is 11.5 Å². The molecule has 5 nitrogen and oxygen atoms in total. The van der Waals surface area contributed by atoms with E-state index in [-0.39, 0.29) is 37.3 Å². The summed E-state index contributed by atoms with van der Waals surface area (Å²) in [5.74, 6) is 2.00. The number of nitrogens with zero attached hydrogens (tertiary/aromatic N) is 4. The molecule has 0 saturated carbocycles. The van der Waals surface area contributed by atoms with E-state index in [0.29, 0.717) is 11.5 Å². The monoisotopic (exact) mass is 1130 g/mol. The Morgan fingerprint density at radius 3 is 1.71 bits per heavy atom. The van der Waals surface area contributed by atoms with E-state index in [4.69, 9.17) is 9.72 Å². The number of aryl methyl sites for hydroxylation is 1. The fourth-order valence-corrected chi connectivity index (χ4v) is 9.89. The number of hydrogen-bond donors (Lipinski definition) is 0. The molecule has 0 spiro atoms. The molecule has 11 rings (SSSR count). The number of fused-ring (bicyclic) bond motifs is 4. The van der Waals surface area contributed by atoms with Crippen LogP contribution in [-0.2, 0) is 37.3 Å². The third-order valence-electron chi connectivity index (χ3n) is 14.1. The number of anilines is 4. The van der Waals surface area contributed by atoms with Gasteiger partial charge in [-0.15, -0.1) is 48.1 Å². The summed E-state index contributed by atoms with van der Waals surface area (Å²) in [5.41, 5.74) is 18.0. The molecule has 0 saturated heterocycles. The van der Waals surface area contributed by atoms with Gasteiger partial charge in [0.2, 0.25) is 0 Å². The summed E-state index contributed by atoms with van der Waals surface area (Å²) >= 11 is 0. The first-order valence-corrected chi connectivity index (χ1v) is 25.1. The molecule has 0 atom stereocenters. The molecular weight excluding hydrogens is 1070 g/mol. The van der Waals surface area contributed by atoms with Gasteiger partial charge in [0.15, 0.2) is 0 Å². The summed E-state index contributed by atoms with van der Waals surface area (Å²) in [6.07, 6.45) is 2.01. The quantitative estimate of drug-likeness (QED) is 0.142. The van der Waals surface area contributed by atoms with E-state index < -0.39 is 0 Å². The van der Waals surface area contributed by atoms with Crippen LogP contribution in [0.1, 0.15) is 84.6 Å². The van der Waals surface area contributed by atoms with Crippen molar-refractivity contribution in [2.75, 3.05) is 9.80 Å². The van der Waals surface area contributed by atoms with E-state index >= 15 is 0 Å². The van der Waals surface area contributed by atoms with Gasteiger partial charge >= 0.3 is 0 Å². The van der Waals surface area contributed by atoms with Gasteiger partial charge in [-0.1, -0.05) is 177 Å². The summed E-state index contributed by atoms with van der Waals surface area (Å²) in [6.45, 7) is 24.9. The number of ether oxygens (including phenoxy) is 1. The zero-order valence-corrected chi connectivity index (χ0v) is 45.7. The molecule has 0 amide bonds. The average molecular weight is 1130 g/mol. The molecule has 0 N–H and O–H groups in total. The van der Waals surface area contributed by atoms with Gasteiger partial charge in [0.05, 0.1) is 0 Å². The Hall–Kier alpha value is -7.20. The van der Waals surface area contributed by atoms with Gasteiger partial charge in [0.1, 0.15) is 5.82 Å². The van der Waals surface area contributed by atoms with Crippen LogP contribution in [0.2, 0.25) is 0 Å². The Morgan fingerprint density at radius 1 is 0.479 bits per heavy atom. The summed E-state index contributed by atoms with van der Waals surface area (Å²) in [5, 5.41) is 2.19. The van der Waals surface area contributed by atoms with Gasteiger partial charge in [0.25, 0.3) is 0 Å². The number of hydrogen-bond acceptors (Lipinski definition) is 4. The van der Waals surface area contributed by atoms with Crippen molar-refractivity contribution >= 4 is 44.6 Å². The van der Waals surface area contributed by atoms with Gasteiger partial charge in [-0.3, -0.25) is 0 Å². The van der Waals surface area contributed by atoms with Crippen molar-refractivity contribution in [1.82, 2.24) is 9.55 Å². The molecule has 1 aliphatic heterocycles. The summed E-state index contributed by atoms with van der Waals surface area (Å²) in [6, 6.07) is 70.4. The minimum absolute atomic E-state index is 0. The normalized spacial score (nSPS) is 12.8. The zero-order chi connectivity index (χ0) is 50.1. The molecule has 0 aliphatic carbocycles. The molecule has 0 fully saturated rings. The number of benzene rings is 8. The first kappa shape index (κ1) is 49.4. The molecule has 3 heterocycles. The largest absolute Gasteiger partial charge is 0.509 e. The molecule has 10 aromatic rings. The molecule has 0 bridgehead atoms. The number of aromatic nitrogens is 2. The van der Waals surface area contributed by atoms with Crippen molar-refractivity contribution in [2.45, 2.75) is 85.5 Å². The van der Waals surface area contributed by atoms with Crippen molar-refractivity contribution in [3.8, 4) is 50.7 Å². The molecule has 2 aromatic heterocycles. The summed E-state index contributed by atoms with van der Waals surface area (Å²) in [4.78, 5) is 9.73. The Morgan fingerprint density at radius 2 is 1.08 bits per heavy atom. The standard InChI is InChI=1S/C67H61N4O.Pt/c1-44-34-64(68-42-59(44)47-24-28-50(29-25-47)65(2,3)4)71-60-32-26-48(45-18-13-11-14-19-45)35-58(60)57-31-30-56(41-62(57)71)72-55-23-17-22-53(40-55)69-43-70(54-38-51(66(5,6)7)37-52(39-54)67(8,9)10)61-33-27-49(36-63(61)69)46-20-15-12-16-21-46;/h11-39,42-43H,1-10H3;/q-3;. The third kappa shape index (κ3) is 9.64. The molecule has 0 unspecified atom stereocenters. The predicted molar refractivity (Wildman–Crippen MR) is 301 cm³/mol. The number of rotatable bonds is 8. The second kappa shape index (κ2) is 19.0. The molecule has 6 heteroatoms. The maximum Gasteiger partial charge on any atom is 0.135 e. The third-order valence-corrected chi connectivity index (χ3v) is 14.1. The summed E-state index contributed by atoms with van der Waals surface area (Å²) in [7, 11) is 0. The minimum atomic E-state index is -0.0339. The van der Waals surface area contributed by atoms with E-state index in [0.717, 1.165) is 83.8 Å². The maximum atomic E-state index is 6.80. The van der Waals surface area contributed by atoms with Crippen LogP contribution in [0.3, 0.4) is 0 Å². The molecule has 368 valence electrons. The van der Waals surface area contributed by atoms with Crippen molar-refractivity contribution in [2.24, 2.45) is 0 Å². The van der Waals surface area contributed by atoms with Gasteiger partial charge in [-0.25, -0.2) is 4.98 Å². The van der Waals surface area contributed by atoms with Crippen LogP contribution in [0.15, 0.2) is 182 Å². The Bertz CT molecular complexity index is 3620. The second-order valence-electron chi connectivity index (χ2n) is 22.4. The maximum absolute atomic E-state index is 6.80. The average Bonchev–Trinajstić information content (AvgIpc) is 3.91. The first-order chi connectivity index (χ1) is 34.5. The molecule has 8 aromatic carbocycles. The fourth-order valence-electron chi connectivity index (χ4n) is 9.89. The topological polar surface area (TPSA) is 33.5 Å². The smallest absolute Gasteiger partial charge is 0.135 e. The fraction of sp³-hybridized carbons (Fsp3) is 0.194. The van der Waals surface area contributed by atoms with Crippen molar-refractivity contribution < 1.29 is 25.8 Å². The predicted octanol–water partition coefficient (Wildman–Crippen LogP) is 18.2. The molecule has 1 aliphatic rings. The molecule has 0 radical (unpaired) electrons. The minimum Gasteiger partial charge on any atom is -0.509 e. The molecular formula is C67H61N4OPt-3. The van der Waals surface area contributed by atoms with Crippen molar-refractivity contribution in [1.29, 1.82) is 0 Å². The first-order valence-electron chi connectivity index (χ1n) is 25.1. The van der Waals surface area contributed by atoms with E-state index in [9.17, 15) is 0 Å². The Balaban J connectivity index is 0.00000611. The zero-order valence-electron chi connectivity index (χ0n) is 43.4. The van der Waals surface area contributed by atoms with Crippen LogP contribution in [0, 0.1) is 25.7 Å². The van der Waals surface area contributed by atoms with Crippen LogP contribution in [-0.4, -0.2) is 9.55 Å². The number of pyridine rings is 1. The van der Waals surface area contributed by atoms with Crippen LogP contribution >= 0.6 is 0 Å². The van der Waals surface area contributed by atoms with Crippen LogP contribution < -0.4 is 14.5 Å². The van der Waals surface area contributed by atoms with E-state index in [1.807, 2.05) is 24.4 Å². The Labute approximate surface area is 446 Å². The van der Waals surface area contributed by atoms with Crippen molar-refractivity contribution in [3.05, 3.63) is 223 Å². The molecule has 73 heavy (non-hydrogen) atoms. The van der Waals surface area contributed by atoms with Gasteiger partial charge in [-0.05, 0) is 115 Å². The SMILES string of the molecule is Cc1cc(-n2c3[c-]c(Oc4[c-]c(N5[CH-]N(c6cc(C(C)(C)C)cc(C(C)(C)C)c6)c6ccc(-c7ccccc7)cc65)ccc4)ccc3c3cc(-c4ccccc4)ccc32)ncc1-c1ccc(C(C)(C)C)cc1.[Pt]. The van der Waals surface area contributed by atoms with Gasteiger partial charge in [-0.2, -0.15) is 12.1 Å². The second-order valence-corrected chi connectivity index (χ2v) is 22.4. The van der Waals surface area contributed by atoms with Crippen LogP contribution in [0.25, 0.3) is 61.0 Å². The van der Waals surface area contributed by atoms with Crippen molar-refractivity contribution in [3.63, 3.8) is 0 Å². The van der Waals surface area contributed by atoms with Gasteiger partial charge in [0, 0.05) is 66.9 Å². The van der Waals surface area contributed by atoms with E-state index in [1.165, 1.54) is 22.3 Å². The van der Waals surface area contributed by atoms with Crippen LogP contribution in [0.4, 0.5) is 22.7 Å². The van der Waals surface area contributed by atoms with Gasteiger partial charge < -0.3 is 19.1 Å². The van der Waals surface area contributed by atoms with E-state index in [2.05, 4.69) is 260 Å². The van der Waals surface area contributed by atoms with E-state index in [1.54, 1.807) is 0 Å². The summed E-state index contributed by atoms with van der Waals surface area (Å²) < 4.78 is 9.02. The Kier molecular flexibility index (Phi) is 12.9.